The van der Waals surface area contributed by atoms with Crippen LogP contribution in [0, 0.1) is 0 Å². The van der Waals surface area contributed by atoms with E-state index in [1.807, 2.05) is 0 Å². The maximum absolute atomic E-state index is 10.0. The Balaban J connectivity index is 2.34. The highest BCUT2D eigenvalue weighted by atomic mass is 79.9. The average Bonchev–Trinajstić information content (AvgIpc) is 2.77. The highest BCUT2D eigenvalue weighted by Crippen LogP contribution is 2.37. The molecule has 1 N–H and O–H groups in total. The number of hydrogen-bond acceptors (Lipinski definition) is 3. The van der Waals surface area contributed by atoms with Gasteiger partial charge in [-0.1, -0.05) is 23.2 Å². The summed E-state index contributed by atoms with van der Waals surface area (Å²) in [5, 5.41) is 11.0. The van der Waals surface area contributed by atoms with Crippen LogP contribution in [0.4, 0.5) is 0 Å². The van der Waals surface area contributed by atoms with E-state index in [4.69, 9.17) is 23.2 Å². The lowest BCUT2D eigenvalue weighted by Crippen LogP contribution is -1.96. The molecule has 0 radical (unpaired) electrons. The van der Waals surface area contributed by atoms with Gasteiger partial charge in [0.15, 0.2) is 5.65 Å². The van der Waals surface area contributed by atoms with Crippen molar-refractivity contribution < 1.29 is 5.11 Å². The number of rotatable bonds is 1. The fourth-order valence-electron chi connectivity index (χ4n) is 1.84. The van der Waals surface area contributed by atoms with Crippen LogP contribution in [0.2, 0.25) is 10.0 Å². The minimum atomic E-state index is -0.186. The predicted molar refractivity (Wildman–Crippen MR) is 85.5 cm³/mol. The second-order valence-electron chi connectivity index (χ2n) is 3.94. The number of imidazole rings is 1. The van der Waals surface area contributed by atoms with Gasteiger partial charge >= 0.3 is 6.01 Å². The molecule has 0 saturated heterocycles. The summed E-state index contributed by atoms with van der Waals surface area (Å²) in [4.78, 5) is 8.38. The fourth-order valence-corrected chi connectivity index (χ4v) is 3.35. The topological polar surface area (TPSA) is 50.4 Å². The predicted octanol–water partition coefficient (Wildman–Crippen LogP) is 4.93. The molecule has 0 amide bonds. The van der Waals surface area contributed by atoms with Crippen LogP contribution < -0.4 is 0 Å². The first-order valence-corrected chi connectivity index (χ1v) is 7.70. The maximum Gasteiger partial charge on any atom is 0.301 e. The van der Waals surface area contributed by atoms with Crippen LogP contribution in [-0.2, 0) is 0 Å². The Morgan fingerprint density at radius 2 is 1.95 bits per heavy atom. The SMILES string of the molecule is Oc1nc(-c2ccc(Cl)cc2Cl)c(Br)c2ncc(Br)n12. The molecule has 3 rings (SSSR count). The largest absolute Gasteiger partial charge is 0.480 e. The molecule has 20 heavy (non-hydrogen) atoms. The number of halogens is 4. The Kier molecular flexibility index (Phi) is 3.66. The molecule has 1 aromatic carbocycles. The molecule has 2 heterocycles. The number of aromatic nitrogens is 3. The van der Waals surface area contributed by atoms with E-state index in [0.717, 1.165) is 0 Å². The molecule has 0 bridgehead atoms. The monoisotopic (exact) mass is 435 g/mol. The molecule has 102 valence electrons. The van der Waals surface area contributed by atoms with E-state index >= 15 is 0 Å². The second-order valence-corrected chi connectivity index (χ2v) is 6.39. The van der Waals surface area contributed by atoms with Crippen molar-refractivity contribution >= 4 is 60.7 Å². The Morgan fingerprint density at radius 3 is 2.65 bits per heavy atom. The molecule has 8 heteroatoms. The number of nitrogens with zero attached hydrogens (tertiary/aromatic N) is 3. The zero-order valence-electron chi connectivity index (χ0n) is 9.61. The summed E-state index contributed by atoms with van der Waals surface area (Å²) in [6.07, 6.45) is 1.58. The average molecular weight is 438 g/mol. The molecule has 0 atom stereocenters. The quantitative estimate of drug-likeness (QED) is 0.587. The van der Waals surface area contributed by atoms with Gasteiger partial charge in [-0.2, -0.15) is 4.98 Å². The van der Waals surface area contributed by atoms with Gasteiger partial charge in [-0.3, -0.25) is 0 Å². The molecule has 0 aliphatic heterocycles. The summed E-state index contributed by atoms with van der Waals surface area (Å²) in [5.74, 6) is 0. The summed E-state index contributed by atoms with van der Waals surface area (Å²) < 4.78 is 2.70. The van der Waals surface area contributed by atoms with Gasteiger partial charge in [-0.05, 0) is 50.1 Å². The van der Waals surface area contributed by atoms with Crippen LogP contribution in [0.15, 0.2) is 33.5 Å². The van der Waals surface area contributed by atoms with E-state index in [2.05, 4.69) is 41.8 Å². The van der Waals surface area contributed by atoms with E-state index < -0.39 is 0 Å². The third-order valence-corrected chi connectivity index (χ3v) is 4.56. The minimum absolute atomic E-state index is 0.186. The maximum atomic E-state index is 10.0. The van der Waals surface area contributed by atoms with Crippen LogP contribution in [0.3, 0.4) is 0 Å². The highest BCUT2D eigenvalue weighted by molar-refractivity contribution is 9.11. The van der Waals surface area contributed by atoms with Gasteiger partial charge < -0.3 is 5.11 Å². The molecule has 0 aliphatic carbocycles. The van der Waals surface area contributed by atoms with E-state index in [9.17, 15) is 5.11 Å². The van der Waals surface area contributed by atoms with Gasteiger partial charge in [-0.25, -0.2) is 9.38 Å². The van der Waals surface area contributed by atoms with Crippen molar-refractivity contribution in [2.75, 3.05) is 0 Å². The van der Waals surface area contributed by atoms with Crippen molar-refractivity contribution in [1.82, 2.24) is 14.4 Å². The standard InChI is InChI=1S/C12H5Br2Cl2N3O/c13-8-4-17-11-9(14)10(18-12(20)19(8)11)6-2-1-5(15)3-7(6)16/h1-4H,(H,18,20). The van der Waals surface area contributed by atoms with Crippen LogP contribution in [0.5, 0.6) is 6.01 Å². The molecule has 0 saturated carbocycles. The molecule has 2 aromatic heterocycles. The molecule has 0 aliphatic rings. The number of benzene rings is 1. The third-order valence-electron chi connectivity index (χ3n) is 2.72. The van der Waals surface area contributed by atoms with Gasteiger partial charge in [0.05, 0.1) is 21.4 Å². The lowest BCUT2D eigenvalue weighted by Gasteiger charge is -2.09. The summed E-state index contributed by atoms with van der Waals surface area (Å²) in [6.45, 7) is 0. The highest BCUT2D eigenvalue weighted by Gasteiger charge is 2.18. The lowest BCUT2D eigenvalue weighted by atomic mass is 10.1. The molecule has 4 nitrogen and oxygen atoms in total. The van der Waals surface area contributed by atoms with Crippen LogP contribution in [0.1, 0.15) is 0 Å². The van der Waals surface area contributed by atoms with E-state index in [0.29, 0.717) is 36.0 Å². The van der Waals surface area contributed by atoms with Crippen molar-refractivity contribution in [3.63, 3.8) is 0 Å². The van der Waals surface area contributed by atoms with E-state index in [-0.39, 0.29) is 6.01 Å². The van der Waals surface area contributed by atoms with Gasteiger partial charge in [0.1, 0.15) is 4.60 Å². The molecule has 0 unspecified atom stereocenters. The lowest BCUT2D eigenvalue weighted by molar-refractivity contribution is 0.422. The van der Waals surface area contributed by atoms with Crippen molar-refractivity contribution in [3.8, 4) is 17.3 Å². The number of fused-ring (bicyclic) bond motifs is 1. The van der Waals surface area contributed by atoms with Crippen LogP contribution in [0.25, 0.3) is 16.9 Å². The first kappa shape index (κ1) is 14.1. The van der Waals surface area contributed by atoms with Crippen molar-refractivity contribution in [2.45, 2.75) is 0 Å². The molecule has 0 fully saturated rings. The Bertz CT molecular complexity index is 835. The van der Waals surface area contributed by atoms with Gasteiger partial charge in [0.2, 0.25) is 0 Å². The fraction of sp³-hybridized carbons (Fsp3) is 0. The van der Waals surface area contributed by atoms with Crippen LogP contribution >= 0.6 is 55.1 Å². The summed E-state index contributed by atoms with van der Waals surface area (Å²) in [7, 11) is 0. The number of aromatic hydroxyl groups is 1. The van der Waals surface area contributed by atoms with Crippen molar-refractivity contribution in [3.05, 3.63) is 43.5 Å². The first-order valence-electron chi connectivity index (χ1n) is 5.36. The zero-order valence-corrected chi connectivity index (χ0v) is 14.3. The van der Waals surface area contributed by atoms with Gasteiger partial charge in [0, 0.05) is 10.6 Å². The van der Waals surface area contributed by atoms with Gasteiger partial charge in [-0.15, -0.1) is 0 Å². The Morgan fingerprint density at radius 1 is 1.20 bits per heavy atom. The van der Waals surface area contributed by atoms with Crippen molar-refractivity contribution in [1.29, 1.82) is 0 Å². The summed E-state index contributed by atoms with van der Waals surface area (Å²) in [5.41, 5.74) is 1.68. The molecule has 0 spiro atoms. The summed E-state index contributed by atoms with van der Waals surface area (Å²) in [6, 6.07) is 4.88. The van der Waals surface area contributed by atoms with Gasteiger partial charge in [0.25, 0.3) is 0 Å². The second kappa shape index (κ2) is 5.18. The zero-order chi connectivity index (χ0) is 14.4. The van der Waals surface area contributed by atoms with Crippen LogP contribution in [-0.4, -0.2) is 19.5 Å². The van der Waals surface area contributed by atoms with Crippen molar-refractivity contribution in [2.24, 2.45) is 0 Å². The van der Waals surface area contributed by atoms with E-state index in [1.165, 1.54) is 4.40 Å². The first-order chi connectivity index (χ1) is 9.49. The Hall–Kier alpha value is -0.820. The third kappa shape index (κ3) is 2.20. The normalized spacial score (nSPS) is 11.2. The molecular formula is C12H5Br2Cl2N3O. The minimum Gasteiger partial charge on any atom is -0.480 e. The number of hydrogen-bond donors (Lipinski definition) is 1. The smallest absolute Gasteiger partial charge is 0.301 e. The molecule has 3 aromatic rings. The Labute approximate surface area is 140 Å². The van der Waals surface area contributed by atoms with E-state index in [1.54, 1.807) is 24.4 Å². The molecular weight excluding hydrogens is 433 g/mol. The summed E-state index contributed by atoms with van der Waals surface area (Å²) >= 11 is 18.8.